The van der Waals surface area contributed by atoms with Crippen LogP contribution in [0.2, 0.25) is 0 Å². The molecule has 11 rings (SSSR count). The molecule has 0 saturated carbocycles. The van der Waals surface area contributed by atoms with Crippen molar-refractivity contribution < 1.29 is 4.74 Å². The first-order chi connectivity index (χ1) is 24.1. The van der Waals surface area contributed by atoms with Gasteiger partial charge in [0.05, 0.1) is 5.41 Å². The summed E-state index contributed by atoms with van der Waals surface area (Å²) in [4.78, 5) is 0. The minimum atomic E-state index is -0.513. The fourth-order valence-electron chi connectivity index (χ4n) is 9.59. The Morgan fingerprint density at radius 3 is 1.82 bits per heavy atom. The molecule has 0 bridgehead atoms. The topological polar surface area (TPSA) is 9.23 Å². The lowest BCUT2D eigenvalue weighted by molar-refractivity contribution is 0.442. The molecule has 0 amide bonds. The van der Waals surface area contributed by atoms with E-state index in [0.29, 0.717) is 0 Å². The molecule has 0 radical (unpaired) electrons. The van der Waals surface area contributed by atoms with Gasteiger partial charge < -0.3 is 4.74 Å². The van der Waals surface area contributed by atoms with E-state index in [4.69, 9.17) is 4.74 Å². The summed E-state index contributed by atoms with van der Waals surface area (Å²) < 4.78 is 6.99. The van der Waals surface area contributed by atoms with Crippen LogP contribution in [0.1, 0.15) is 47.2 Å². The van der Waals surface area contributed by atoms with E-state index in [0.717, 1.165) is 16.9 Å². The smallest absolute Gasteiger partial charge is 0.140 e. The molecule has 0 fully saturated rings. The van der Waals surface area contributed by atoms with Gasteiger partial charge >= 0.3 is 0 Å². The van der Waals surface area contributed by atoms with Crippen LogP contribution in [0.5, 0.6) is 11.5 Å². The first-order valence-electron chi connectivity index (χ1n) is 17.3. The van der Waals surface area contributed by atoms with Gasteiger partial charge in [0.15, 0.2) is 0 Å². The molecule has 49 heavy (non-hydrogen) atoms. The van der Waals surface area contributed by atoms with Crippen LogP contribution in [0.4, 0.5) is 0 Å². The average Bonchev–Trinajstić information content (AvgIpc) is 3.57. The van der Waals surface area contributed by atoms with Gasteiger partial charge in [-0.15, -0.1) is 0 Å². The molecule has 1 heterocycles. The third kappa shape index (κ3) is 3.30. The summed E-state index contributed by atoms with van der Waals surface area (Å²) in [5, 5.41) is 4.96. The van der Waals surface area contributed by atoms with Crippen molar-refractivity contribution >= 4 is 21.5 Å². The maximum absolute atomic E-state index is 6.99. The highest BCUT2D eigenvalue weighted by molar-refractivity contribution is 6.06. The fraction of sp³-hybridized carbons (Fsp3) is 0.0833. The van der Waals surface area contributed by atoms with Gasteiger partial charge in [-0.1, -0.05) is 153 Å². The quantitative estimate of drug-likeness (QED) is 0.177. The Bertz CT molecular complexity index is 2680. The van der Waals surface area contributed by atoms with Gasteiger partial charge in [-0.05, 0) is 90.0 Å². The van der Waals surface area contributed by atoms with Crippen molar-refractivity contribution in [2.24, 2.45) is 0 Å². The number of hydrogen-bond acceptors (Lipinski definition) is 1. The molecule has 1 nitrogen and oxygen atoms in total. The number of para-hydroxylation sites is 1. The first-order valence-corrected chi connectivity index (χ1v) is 17.3. The third-order valence-corrected chi connectivity index (χ3v) is 11.7. The lowest BCUT2D eigenvalue weighted by atomic mass is 9.65. The predicted molar refractivity (Wildman–Crippen MR) is 202 cm³/mol. The second-order valence-electron chi connectivity index (χ2n) is 14.4. The van der Waals surface area contributed by atoms with Crippen LogP contribution in [0.25, 0.3) is 54.9 Å². The Morgan fingerprint density at radius 1 is 0.408 bits per heavy atom. The number of rotatable bonds is 1. The minimum Gasteiger partial charge on any atom is -0.456 e. The first kappa shape index (κ1) is 27.1. The molecule has 2 aliphatic carbocycles. The van der Waals surface area contributed by atoms with Crippen LogP contribution in [-0.2, 0) is 10.8 Å². The summed E-state index contributed by atoms with van der Waals surface area (Å²) in [6, 6.07) is 58.5. The monoisotopic (exact) mass is 624 g/mol. The zero-order valence-electron chi connectivity index (χ0n) is 27.4. The molecule has 0 unspecified atom stereocenters. The molecule has 1 spiro atoms. The van der Waals surface area contributed by atoms with Crippen LogP contribution in [-0.4, -0.2) is 0 Å². The van der Waals surface area contributed by atoms with Crippen molar-refractivity contribution in [3.05, 3.63) is 191 Å². The minimum absolute atomic E-state index is 0.124. The summed E-state index contributed by atoms with van der Waals surface area (Å²) in [6.07, 6.45) is 0. The van der Waals surface area contributed by atoms with E-state index >= 15 is 0 Å². The van der Waals surface area contributed by atoms with E-state index in [9.17, 15) is 0 Å². The Balaban J connectivity index is 1.23. The lowest BCUT2D eigenvalue weighted by Crippen LogP contribution is -2.32. The molecule has 1 aliphatic heterocycles. The van der Waals surface area contributed by atoms with Crippen molar-refractivity contribution in [3.63, 3.8) is 0 Å². The number of ether oxygens (including phenoxy) is 1. The fourth-order valence-corrected chi connectivity index (χ4v) is 9.59. The molecule has 0 saturated heterocycles. The van der Waals surface area contributed by atoms with Gasteiger partial charge in [0.2, 0.25) is 0 Å². The van der Waals surface area contributed by atoms with Crippen molar-refractivity contribution in [2.45, 2.75) is 24.7 Å². The maximum Gasteiger partial charge on any atom is 0.140 e. The van der Waals surface area contributed by atoms with Gasteiger partial charge in [-0.2, -0.15) is 0 Å². The standard InChI is InChI=1S/C48H32O/c1-47(2)41-26-24-29-13-3-4-14-31(29)45(41)36-25-23-30(27-42(36)47)37-28-43-46(35-18-6-5-15-32(35)37)49-44-22-12-11-21-40(44)48(43)38-19-9-7-16-33(38)34-17-8-10-20-39(34)48/h3-28H,1-2H3. The van der Waals surface area contributed by atoms with Crippen molar-refractivity contribution in [1.82, 2.24) is 0 Å². The van der Waals surface area contributed by atoms with Crippen LogP contribution < -0.4 is 4.74 Å². The van der Waals surface area contributed by atoms with Crippen LogP contribution in [0.3, 0.4) is 0 Å². The number of hydrogen-bond donors (Lipinski definition) is 0. The largest absolute Gasteiger partial charge is 0.456 e. The lowest BCUT2D eigenvalue weighted by Gasteiger charge is -2.40. The summed E-state index contributed by atoms with van der Waals surface area (Å²) in [5.74, 6) is 1.87. The van der Waals surface area contributed by atoms with E-state index in [1.54, 1.807) is 0 Å². The molecule has 8 aromatic rings. The van der Waals surface area contributed by atoms with Crippen LogP contribution in [0.15, 0.2) is 158 Å². The molecule has 230 valence electrons. The summed E-state index contributed by atoms with van der Waals surface area (Å²) in [6.45, 7) is 4.76. The SMILES string of the molecule is CC1(C)c2cc(-c3cc4c(c5ccccc35)Oc3ccccc3C43c4ccccc4-c4ccccc43)ccc2-c2c1ccc1ccccc21. The highest BCUT2D eigenvalue weighted by Crippen LogP contribution is 2.63. The normalized spacial score (nSPS) is 15.2. The van der Waals surface area contributed by atoms with Gasteiger partial charge in [0.25, 0.3) is 0 Å². The van der Waals surface area contributed by atoms with Crippen LogP contribution in [0, 0.1) is 0 Å². The van der Waals surface area contributed by atoms with Gasteiger partial charge in [-0.3, -0.25) is 0 Å². The molecule has 1 heteroatoms. The Hall–Kier alpha value is -5.92. The van der Waals surface area contributed by atoms with Crippen LogP contribution >= 0.6 is 0 Å². The molecule has 0 N–H and O–H groups in total. The molecule has 0 atom stereocenters. The van der Waals surface area contributed by atoms with E-state index < -0.39 is 5.41 Å². The molecule has 3 aliphatic rings. The highest BCUT2D eigenvalue weighted by Gasteiger charge is 2.51. The summed E-state index contributed by atoms with van der Waals surface area (Å²) in [5.41, 5.74) is 14.9. The third-order valence-electron chi connectivity index (χ3n) is 11.7. The zero-order chi connectivity index (χ0) is 32.5. The Labute approximate surface area is 286 Å². The van der Waals surface area contributed by atoms with Crippen molar-refractivity contribution in [3.8, 4) is 44.9 Å². The molecular formula is C48H32O. The van der Waals surface area contributed by atoms with Gasteiger partial charge in [0, 0.05) is 21.9 Å². The molecule has 0 aromatic heterocycles. The van der Waals surface area contributed by atoms with Crippen molar-refractivity contribution in [1.29, 1.82) is 0 Å². The average molecular weight is 625 g/mol. The van der Waals surface area contributed by atoms with E-state index in [2.05, 4.69) is 172 Å². The zero-order valence-corrected chi connectivity index (χ0v) is 27.4. The molecular weight excluding hydrogens is 593 g/mol. The summed E-state index contributed by atoms with van der Waals surface area (Å²) >= 11 is 0. The number of fused-ring (bicyclic) bond motifs is 16. The second-order valence-corrected chi connectivity index (χ2v) is 14.4. The Morgan fingerprint density at radius 2 is 1.04 bits per heavy atom. The van der Waals surface area contributed by atoms with E-state index in [1.165, 1.54) is 82.9 Å². The highest BCUT2D eigenvalue weighted by atomic mass is 16.5. The molecule has 8 aromatic carbocycles. The predicted octanol–water partition coefficient (Wildman–Crippen LogP) is 12.4. The maximum atomic E-state index is 6.99. The van der Waals surface area contributed by atoms with Crippen molar-refractivity contribution in [2.75, 3.05) is 0 Å². The second kappa shape index (κ2) is 9.36. The van der Waals surface area contributed by atoms with E-state index in [1.807, 2.05) is 0 Å². The van der Waals surface area contributed by atoms with Gasteiger partial charge in [0.1, 0.15) is 11.5 Å². The Kier molecular flexibility index (Phi) is 5.17. The number of benzene rings is 8. The van der Waals surface area contributed by atoms with E-state index in [-0.39, 0.29) is 5.41 Å². The summed E-state index contributed by atoms with van der Waals surface area (Å²) in [7, 11) is 0. The van der Waals surface area contributed by atoms with Gasteiger partial charge in [-0.25, -0.2) is 0 Å².